The molecule has 2 aromatic rings. The van der Waals surface area contributed by atoms with Gasteiger partial charge in [0.05, 0.1) is 12.5 Å². The first-order chi connectivity index (χ1) is 13.0. The summed E-state index contributed by atoms with van der Waals surface area (Å²) in [6.45, 7) is 1.72. The topological polar surface area (TPSA) is 70.4 Å². The van der Waals surface area contributed by atoms with E-state index in [1.807, 2.05) is 12.1 Å². The van der Waals surface area contributed by atoms with Crippen molar-refractivity contribution in [3.63, 3.8) is 0 Å². The Labute approximate surface area is 163 Å². The molecule has 5 nitrogen and oxygen atoms in total. The minimum atomic E-state index is -0.993. The molecule has 0 aliphatic rings. The number of nitrogens with zero attached hydrogens (tertiary/aromatic N) is 2. The average molecular weight is 383 g/mol. The summed E-state index contributed by atoms with van der Waals surface area (Å²) in [5.74, 6) is -1.04. The van der Waals surface area contributed by atoms with Crippen LogP contribution in [0.2, 0.25) is 5.02 Å². The molecule has 6 heteroatoms. The van der Waals surface area contributed by atoms with Crippen molar-refractivity contribution < 1.29 is 14.3 Å². The maximum Gasteiger partial charge on any atom is 0.331 e. The Hall–Kier alpha value is -3.10. The molecule has 0 fully saturated rings. The molecule has 0 aliphatic heterocycles. The van der Waals surface area contributed by atoms with Gasteiger partial charge in [-0.2, -0.15) is 5.26 Å². The van der Waals surface area contributed by atoms with E-state index in [2.05, 4.69) is 0 Å². The molecule has 27 heavy (non-hydrogen) atoms. The molecule has 2 rings (SSSR count). The minimum absolute atomic E-state index is 0.174. The van der Waals surface area contributed by atoms with Gasteiger partial charge < -0.3 is 9.64 Å². The lowest BCUT2D eigenvalue weighted by atomic mass is 10.2. The molecule has 0 heterocycles. The van der Waals surface area contributed by atoms with Gasteiger partial charge in [0.2, 0.25) is 0 Å². The summed E-state index contributed by atoms with van der Waals surface area (Å²) in [4.78, 5) is 26.2. The second kappa shape index (κ2) is 10.1. The van der Waals surface area contributed by atoms with Crippen LogP contribution in [0.4, 0.5) is 5.69 Å². The average Bonchev–Trinajstić information content (AvgIpc) is 2.68. The zero-order chi connectivity index (χ0) is 19.6. The quantitative estimate of drug-likeness (QED) is 0.530. The van der Waals surface area contributed by atoms with Crippen molar-refractivity contribution in [2.24, 2.45) is 0 Å². The van der Waals surface area contributed by atoms with E-state index < -0.39 is 18.0 Å². The first-order valence-electron chi connectivity index (χ1n) is 8.39. The van der Waals surface area contributed by atoms with Crippen LogP contribution in [0.1, 0.15) is 18.9 Å². The molecule has 0 spiro atoms. The number of hydrogen-bond acceptors (Lipinski definition) is 4. The number of ether oxygens (including phenoxy) is 1. The van der Waals surface area contributed by atoms with Crippen LogP contribution >= 0.6 is 11.6 Å². The summed E-state index contributed by atoms with van der Waals surface area (Å²) in [5, 5.41) is 9.35. The van der Waals surface area contributed by atoms with Crippen molar-refractivity contribution in [3.05, 3.63) is 71.3 Å². The molecule has 0 saturated carbocycles. The number of para-hydroxylation sites is 1. The Morgan fingerprint density at radius 1 is 1.19 bits per heavy atom. The number of carbonyl (C=O) groups is 2. The van der Waals surface area contributed by atoms with Gasteiger partial charge in [-0.3, -0.25) is 4.79 Å². The molecular formula is C21H19ClN2O3. The van der Waals surface area contributed by atoms with Crippen LogP contribution in [0, 0.1) is 11.3 Å². The zero-order valence-corrected chi connectivity index (χ0v) is 15.6. The van der Waals surface area contributed by atoms with Gasteiger partial charge in [0.1, 0.15) is 0 Å². The van der Waals surface area contributed by atoms with Crippen LogP contribution in [0.25, 0.3) is 6.08 Å². The lowest BCUT2D eigenvalue weighted by Crippen LogP contribution is -2.40. The monoisotopic (exact) mass is 382 g/mol. The van der Waals surface area contributed by atoms with Crippen molar-refractivity contribution in [1.82, 2.24) is 0 Å². The molecule has 0 aliphatic carbocycles. The standard InChI is InChI=1S/C21H19ClN2O3/c1-16(27-20(25)13-12-17-8-5-6-11-19(17)22)21(26)24(15-7-14-23)18-9-3-2-4-10-18/h2-6,8-13,16H,7,15H2,1H3. The molecule has 0 N–H and O–H groups in total. The molecule has 1 atom stereocenters. The predicted molar refractivity (Wildman–Crippen MR) is 105 cm³/mol. The van der Waals surface area contributed by atoms with E-state index in [-0.39, 0.29) is 13.0 Å². The molecule has 1 unspecified atom stereocenters. The van der Waals surface area contributed by atoms with Crippen LogP contribution < -0.4 is 4.90 Å². The number of rotatable bonds is 7. The lowest BCUT2D eigenvalue weighted by molar-refractivity contribution is -0.149. The number of halogens is 1. The van der Waals surface area contributed by atoms with Gasteiger partial charge in [-0.25, -0.2) is 4.79 Å². The SMILES string of the molecule is CC(OC(=O)C=Cc1ccccc1Cl)C(=O)N(CCC#N)c1ccccc1. The molecule has 138 valence electrons. The largest absolute Gasteiger partial charge is 0.449 e. The van der Waals surface area contributed by atoms with Crippen LogP contribution in [-0.2, 0) is 14.3 Å². The molecule has 0 saturated heterocycles. The highest BCUT2D eigenvalue weighted by Crippen LogP contribution is 2.17. The van der Waals surface area contributed by atoms with E-state index in [9.17, 15) is 9.59 Å². The first kappa shape index (κ1) is 20.2. The smallest absolute Gasteiger partial charge is 0.331 e. The van der Waals surface area contributed by atoms with E-state index in [0.29, 0.717) is 16.3 Å². The van der Waals surface area contributed by atoms with E-state index in [1.165, 1.54) is 24.0 Å². The highest BCUT2D eigenvalue weighted by molar-refractivity contribution is 6.32. The number of esters is 1. The predicted octanol–water partition coefficient (Wildman–Crippen LogP) is 4.23. The molecule has 2 aromatic carbocycles. The van der Waals surface area contributed by atoms with Gasteiger partial charge in [-0.15, -0.1) is 0 Å². The first-order valence-corrected chi connectivity index (χ1v) is 8.77. The summed E-state index contributed by atoms with van der Waals surface area (Å²) < 4.78 is 5.21. The minimum Gasteiger partial charge on any atom is -0.449 e. The van der Waals surface area contributed by atoms with E-state index in [1.54, 1.807) is 48.5 Å². The van der Waals surface area contributed by atoms with Crippen molar-refractivity contribution in [2.75, 3.05) is 11.4 Å². The fourth-order valence-electron chi connectivity index (χ4n) is 2.39. The summed E-state index contributed by atoms with van der Waals surface area (Å²) in [7, 11) is 0. The third-order valence-corrected chi connectivity index (χ3v) is 4.07. The second-order valence-corrected chi connectivity index (χ2v) is 6.07. The van der Waals surface area contributed by atoms with Crippen molar-refractivity contribution >= 4 is 35.2 Å². The van der Waals surface area contributed by atoms with Crippen LogP contribution in [0.3, 0.4) is 0 Å². The van der Waals surface area contributed by atoms with Crippen molar-refractivity contribution in [2.45, 2.75) is 19.4 Å². The van der Waals surface area contributed by atoms with Gasteiger partial charge >= 0.3 is 5.97 Å². The highest BCUT2D eigenvalue weighted by atomic mass is 35.5. The lowest BCUT2D eigenvalue weighted by Gasteiger charge is -2.24. The Kier molecular flexibility index (Phi) is 7.60. The number of nitriles is 1. The highest BCUT2D eigenvalue weighted by Gasteiger charge is 2.24. The van der Waals surface area contributed by atoms with Crippen molar-refractivity contribution in [3.8, 4) is 6.07 Å². The molecule has 0 bridgehead atoms. The second-order valence-electron chi connectivity index (χ2n) is 5.67. The fraction of sp³-hybridized carbons (Fsp3) is 0.190. The molecular weight excluding hydrogens is 364 g/mol. The molecule has 0 radical (unpaired) electrons. The Balaban J connectivity index is 2.05. The summed E-state index contributed by atoms with van der Waals surface area (Å²) in [6.07, 6.45) is 1.94. The van der Waals surface area contributed by atoms with Crippen LogP contribution in [0.15, 0.2) is 60.7 Å². The maximum absolute atomic E-state index is 12.7. The van der Waals surface area contributed by atoms with Gasteiger partial charge in [0, 0.05) is 23.3 Å². The summed E-state index contributed by atoms with van der Waals surface area (Å²) in [6, 6.07) is 18.0. The van der Waals surface area contributed by atoms with Gasteiger partial charge in [0.25, 0.3) is 5.91 Å². The molecule has 0 aromatic heterocycles. The number of amides is 1. The Morgan fingerprint density at radius 2 is 1.85 bits per heavy atom. The number of anilines is 1. The number of carbonyl (C=O) groups excluding carboxylic acids is 2. The fourth-order valence-corrected chi connectivity index (χ4v) is 2.59. The van der Waals surface area contributed by atoms with Gasteiger partial charge in [-0.05, 0) is 36.8 Å². The van der Waals surface area contributed by atoms with E-state index in [0.717, 1.165) is 0 Å². The number of hydrogen-bond donors (Lipinski definition) is 0. The Bertz CT molecular complexity index is 859. The summed E-state index contributed by atoms with van der Waals surface area (Å²) in [5.41, 5.74) is 1.32. The number of benzene rings is 2. The third-order valence-electron chi connectivity index (χ3n) is 3.73. The normalized spacial score (nSPS) is 11.6. The Morgan fingerprint density at radius 3 is 2.52 bits per heavy atom. The van der Waals surface area contributed by atoms with Crippen LogP contribution in [0.5, 0.6) is 0 Å². The van der Waals surface area contributed by atoms with Crippen molar-refractivity contribution in [1.29, 1.82) is 5.26 Å². The van der Waals surface area contributed by atoms with E-state index >= 15 is 0 Å². The maximum atomic E-state index is 12.7. The molecule has 1 amide bonds. The third kappa shape index (κ3) is 5.98. The van der Waals surface area contributed by atoms with Crippen LogP contribution in [-0.4, -0.2) is 24.5 Å². The van der Waals surface area contributed by atoms with E-state index in [4.69, 9.17) is 21.6 Å². The summed E-state index contributed by atoms with van der Waals surface area (Å²) >= 11 is 6.03. The van der Waals surface area contributed by atoms with Gasteiger partial charge in [-0.1, -0.05) is 48.0 Å². The van der Waals surface area contributed by atoms with Gasteiger partial charge in [0.15, 0.2) is 6.10 Å². The zero-order valence-electron chi connectivity index (χ0n) is 14.8.